The van der Waals surface area contributed by atoms with Crippen LogP contribution >= 0.6 is 23.2 Å². The van der Waals surface area contributed by atoms with Crippen LogP contribution in [-0.2, 0) is 6.42 Å². The molecule has 0 fully saturated rings. The average molecular weight is 372 g/mol. The van der Waals surface area contributed by atoms with Gasteiger partial charge >= 0.3 is 0 Å². The fourth-order valence-corrected chi connectivity index (χ4v) is 3.53. The van der Waals surface area contributed by atoms with Gasteiger partial charge in [-0.2, -0.15) is 5.01 Å². The second-order valence-corrected chi connectivity index (χ2v) is 8.55. The Kier molecular flexibility index (Phi) is 6.54. The van der Waals surface area contributed by atoms with Gasteiger partial charge in [-0.25, -0.2) is 0 Å². The maximum absolute atomic E-state index is 10.8. The lowest BCUT2D eigenvalue weighted by molar-refractivity contribution is -0.0330. The second kappa shape index (κ2) is 8.05. The van der Waals surface area contributed by atoms with Crippen LogP contribution in [0.5, 0.6) is 0 Å². The standard InChI is InChI=1S/C18H27Cl2N3O/c1-12(7-13-5-6-14(19)9-15(13)20)8-16(17(24)18(2,3)4)23-11-21-10-22-23/h5-6,9-10,12,16-17,24H,7-8,11H2,1-4H3,(H,21,22)/t12-,16+,17-/m1/s1. The first-order chi connectivity index (χ1) is 11.2. The molecule has 0 amide bonds. The predicted octanol–water partition coefficient (Wildman–Crippen LogP) is 4.14. The number of rotatable bonds is 6. The molecule has 1 aliphatic rings. The molecular weight excluding hydrogens is 345 g/mol. The van der Waals surface area contributed by atoms with Gasteiger partial charge in [-0.15, -0.1) is 0 Å². The van der Waals surface area contributed by atoms with Gasteiger partial charge in [-0.1, -0.05) is 57.0 Å². The third kappa shape index (κ3) is 5.09. The average Bonchev–Trinajstić information content (AvgIpc) is 3.00. The van der Waals surface area contributed by atoms with Crippen LogP contribution in [0.2, 0.25) is 10.0 Å². The van der Waals surface area contributed by atoms with E-state index in [0.29, 0.717) is 22.6 Å². The van der Waals surface area contributed by atoms with Crippen molar-refractivity contribution in [2.45, 2.75) is 52.7 Å². The van der Waals surface area contributed by atoms with Gasteiger partial charge in [0.05, 0.1) is 18.5 Å². The number of halogens is 2. The number of hydrogen-bond donors (Lipinski definition) is 2. The number of nitrogens with zero attached hydrogens (tertiary/aromatic N) is 2. The van der Waals surface area contributed by atoms with Crippen LogP contribution in [0.4, 0.5) is 0 Å². The maximum Gasteiger partial charge on any atom is 0.111 e. The van der Waals surface area contributed by atoms with Crippen molar-refractivity contribution in [1.29, 1.82) is 0 Å². The number of benzene rings is 1. The Labute approximate surface area is 154 Å². The van der Waals surface area contributed by atoms with E-state index in [1.54, 1.807) is 12.4 Å². The van der Waals surface area contributed by atoms with Crippen molar-refractivity contribution < 1.29 is 5.11 Å². The van der Waals surface area contributed by atoms with E-state index in [1.807, 2.05) is 17.1 Å². The van der Waals surface area contributed by atoms with Crippen molar-refractivity contribution in [1.82, 2.24) is 10.4 Å². The highest BCUT2D eigenvalue weighted by molar-refractivity contribution is 6.35. The smallest absolute Gasteiger partial charge is 0.111 e. The quantitative estimate of drug-likeness (QED) is 0.789. The maximum atomic E-state index is 10.8. The van der Waals surface area contributed by atoms with Gasteiger partial charge in [0.15, 0.2) is 0 Å². The minimum absolute atomic E-state index is 0.0198. The Morgan fingerprint density at radius 3 is 2.58 bits per heavy atom. The molecule has 0 aliphatic carbocycles. The van der Waals surface area contributed by atoms with Crippen LogP contribution in [0, 0.1) is 11.3 Å². The summed E-state index contributed by atoms with van der Waals surface area (Å²) in [6.45, 7) is 8.92. The van der Waals surface area contributed by atoms with Crippen LogP contribution < -0.4 is 5.43 Å². The molecule has 2 N–H and O–H groups in total. The lowest BCUT2D eigenvalue weighted by Crippen LogP contribution is -2.52. The largest absolute Gasteiger partial charge is 0.391 e. The van der Waals surface area contributed by atoms with Gasteiger partial charge in [-0.3, -0.25) is 4.99 Å². The molecule has 24 heavy (non-hydrogen) atoms. The minimum Gasteiger partial charge on any atom is -0.391 e. The summed E-state index contributed by atoms with van der Waals surface area (Å²) in [5, 5.41) is 14.2. The number of nitrogens with one attached hydrogen (secondary N) is 1. The molecule has 0 saturated heterocycles. The first-order valence-corrected chi connectivity index (χ1v) is 9.07. The molecule has 1 aromatic rings. The van der Waals surface area contributed by atoms with E-state index in [9.17, 15) is 5.11 Å². The third-order valence-corrected chi connectivity index (χ3v) is 5.02. The Balaban J connectivity index is 2.07. The second-order valence-electron chi connectivity index (χ2n) is 7.71. The molecule has 1 aromatic carbocycles. The van der Waals surface area contributed by atoms with E-state index >= 15 is 0 Å². The highest BCUT2D eigenvalue weighted by Gasteiger charge is 2.36. The van der Waals surface area contributed by atoms with Crippen molar-refractivity contribution in [3.8, 4) is 0 Å². The molecule has 1 aliphatic heterocycles. The van der Waals surface area contributed by atoms with E-state index < -0.39 is 6.10 Å². The zero-order valence-corrected chi connectivity index (χ0v) is 16.3. The van der Waals surface area contributed by atoms with E-state index in [0.717, 1.165) is 18.4 Å². The molecule has 3 atom stereocenters. The van der Waals surface area contributed by atoms with Crippen molar-refractivity contribution >= 4 is 29.5 Å². The van der Waals surface area contributed by atoms with Crippen molar-refractivity contribution in [2.24, 2.45) is 16.3 Å². The number of aliphatic hydroxyl groups is 1. The van der Waals surface area contributed by atoms with Crippen LogP contribution in [-0.4, -0.2) is 35.3 Å². The van der Waals surface area contributed by atoms with Crippen molar-refractivity contribution in [3.05, 3.63) is 33.8 Å². The highest BCUT2D eigenvalue weighted by Crippen LogP contribution is 2.30. The van der Waals surface area contributed by atoms with E-state index in [4.69, 9.17) is 23.2 Å². The number of aliphatic imine (C=N–C) groups is 1. The molecule has 0 radical (unpaired) electrons. The summed E-state index contributed by atoms with van der Waals surface area (Å²) in [6.07, 6.45) is 2.91. The molecule has 6 heteroatoms. The molecule has 0 unspecified atom stereocenters. The Hall–Kier alpha value is -0.810. The lowest BCUT2D eigenvalue weighted by Gasteiger charge is -2.38. The van der Waals surface area contributed by atoms with Gasteiger partial charge in [0, 0.05) is 10.0 Å². The number of hydrazine groups is 1. The molecule has 0 spiro atoms. The fraction of sp³-hybridized carbons (Fsp3) is 0.611. The summed E-state index contributed by atoms with van der Waals surface area (Å²) in [6, 6.07) is 5.61. The molecule has 2 rings (SSSR count). The molecule has 0 saturated carbocycles. The summed E-state index contributed by atoms with van der Waals surface area (Å²) in [5.41, 5.74) is 4.02. The molecular formula is C18H27Cl2N3O. The van der Waals surface area contributed by atoms with Crippen molar-refractivity contribution in [2.75, 3.05) is 6.67 Å². The summed E-state index contributed by atoms with van der Waals surface area (Å²) in [4.78, 5) is 4.21. The first-order valence-electron chi connectivity index (χ1n) is 8.31. The van der Waals surface area contributed by atoms with Gasteiger partial charge in [0.1, 0.15) is 6.67 Å². The predicted molar refractivity (Wildman–Crippen MR) is 102 cm³/mol. The van der Waals surface area contributed by atoms with Crippen LogP contribution in [0.15, 0.2) is 23.2 Å². The van der Waals surface area contributed by atoms with Gasteiger partial charge in [-0.05, 0) is 41.9 Å². The SMILES string of the molecule is C[C@H](Cc1ccc(Cl)cc1Cl)C[C@@H]([C@@H](O)C(C)(C)C)N1CN=CN1. The zero-order chi connectivity index (χ0) is 17.9. The Morgan fingerprint density at radius 1 is 1.33 bits per heavy atom. The summed E-state index contributed by atoms with van der Waals surface area (Å²) < 4.78 is 0. The van der Waals surface area contributed by atoms with E-state index in [-0.39, 0.29) is 11.5 Å². The topological polar surface area (TPSA) is 47.9 Å². The molecule has 1 heterocycles. The number of aliphatic hydroxyl groups excluding tert-OH is 1. The summed E-state index contributed by atoms with van der Waals surface area (Å²) in [5.74, 6) is 0.355. The molecule has 4 nitrogen and oxygen atoms in total. The van der Waals surface area contributed by atoms with Crippen LogP contribution in [0.25, 0.3) is 0 Å². The Bertz CT molecular complexity index is 578. The van der Waals surface area contributed by atoms with Gasteiger partial charge < -0.3 is 10.5 Å². The van der Waals surface area contributed by atoms with Gasteiger partial charge in [0.25, 0.3) is 0 Å². The highest BCUT2D eigenvalue weighted by atomic mass is 35.5. The molecule has 134 valence electrons. The van der Waals surface area contributed by atoms with Crippen LogP contribution in [0.1, 0.15) is 39.7 Å². The zero-order valence-electron chi connectivity index (χ0n) is 14.8. The van der Waals surface area contributed by atoms with Crippen LogP contribution in [0.3, 0.4) is 0 Å². The summed E-state index contributed by atoms with van der Waals surface area (Å²) in [7, 11) is 0. The van der Waals surface area contributed by atoms with Gasteiger partial charge in [0.2, 0.25) is 0 Å². The fourth-order valence-electron chi connectivity index (χ4n) is 3.05. The van der Waals surface area contributed by atoms with E-state index in [2.05, 4.69) is 38.1 Å². The third-order valence-electron chi connectivity index (χ3n) is 4.43. The van der Waals surface area contributed by atoms with E-state index in [1.165, 1.54) is 0 Å². The molecule has 0 aromatic heterocycles. The lowest BCUT2D eigenvalue weighted by atomic mass is 9.80. The monoisotopic (exact) mass is 371 g/mol. The molecule has 0 bridgehead atoms. The minimum atomic E-state index is -0.463. The summed E-state index contributed by atoms with van der Waals surface area (Å²) >= 11 is 12.3. The normalized spacial score (nSPS) is 19.1. The van der Waals surface area contributed by atoms with Crippen molar-refractivity contribution in [3.63, 3.8) is 0 Å². The number of hydrogen-bond acceptors (Lipinski definition) is 4. The first kappa shape index (κ1) is 19.5. The Morgan fingerprint density at radius 2 is 2.04 bits per heavy atom.